The zero-order chi connectivity index (χ0) is 11.7. The summed E-state index contributed by atoms with van der Waals surface area (Å²) in [7, 11) is 0. The first-order valence-corrected chi connectivity index (χ1v) is 5.95. The molecule has 0 amide bonds. The maximum absolute atomic E-state index is 3.42. The third-order valence-corrected chi connectivity index (χ3v) is 2.79. The third kappa shape index (κ3) is 2.06. The first-order valence-electron chi connectivity index (χ1n) is 5.95. The molecular weight excluding hydrogens is 196 g/mol. The van der Waals surface area contributed by atoms with E-state index >= 15 is 0 Å². The molecule has 2 heteroatoms. The second kappa shape index (κ2) is 4.20. The molecule has 16 heavy (non-hydrogen) atoms. The van der Waals surface area contributed by atoms with Crippen molar-refractivity contribution in [3.63, 3.8) is 0 Å². The van der Waals surface area contributed by atoms with Crippen molar-refractivity contribution in [3.05, 3.63) is 30.0 Å². The monoisotopic (exact) mass is 216 g/mol. The zero-order valence-corrected chi connectivity index (χ0v) is 10.5. The molecule has 0 aliphatic rings. The van der Waals surface area contributed by atoms with Crippen LogP contribution >= 0.6 is 0 Å². The third-order valence-electron chi connectivity index (χ3n) is 2.79. The number of nitrogens with one attached hydrogen (secondary N) is 2. The lowest BCUT2D eigenvalue weighted by Crippen LogP contribution is -2.09. The first kappa shape index (κ1) is 11.1. The van der Waals surface area contributed by atoms with Gasteiger partial charge in [-0.2, -0.15) is 0 Å². The van der Waals surface area contributed by atoms with Gasteiger partial charge in [0.15, 0.2) is 0 Å². The molecule has 0 aliphatic heterocycles. The van der Waals surface area contributed by atoms with Crippen LogP contribution < -0.4 is 5.32 Å². The topological polar surface area (TPSA) is 27.8 Å². The molecule has 2 nitrogen and oxygen atoms in total. The maximum Gasteiger partial charge on any atom is 0.0477 e. The summed E-state index contributed by atoms with van der Waals surface area (Å²) in [6.07, 6.45) is 2.12. The smallest absolute Gasteiger partial charge is 0.0477 e. The van der Waals surface area contributed by atoms with E-state index in [4.69, 9.17) is 0 Å². The molecule has 0 aliphatic carbocycles. The van der Waals surface area contributed by atoms with Crippen LogP contribution in [0.25, 0.3) is 10.9 Å². The van der Waals surface area contributed by atoms with Gasteiger partial charge in [-0.05, 0) is 37.5 Å². The van der Waals surface area contributed by atoms with E-state index in [0.717, 1.165) is 0 Å². The zero-order valence-electron chi connectivity index (χ0n) is 10.5. The predicted molar refractivity (Wildman–Crippen MR) is 71.1 cm³/mol. The highest BCUT2D eigenvalue weighted by Crippen LogP contribution is 2.27. The number of hydrogen-bond acceptors (Lipinski definition) is 1. The quantitative estimate of drug-likeness (QED) is 0.794. The van der Waals surface area contributed by atoms with Crippen LogP contribution in [0.15, 0.2) is 24.4 Å². The molecule has 0 atom stereocenters. The largest absolute Gasteiger partial charge is 0.383 e. The second-order valence-electron chi connectivity index (χ2n) is 4.96. The molecule has 1 aromatic carbocycles. The molecule has 0 saturated heterocycles. The Morgan fingerprint density at radius 3 is 2.50 bits per heavy atom. The highest BCUT2D eigenvalue weighted by molar-refractivity contribution is 5.86. The lowest BCUT2D eigenvalue weighted by molar-refractivity contribution is 0.875. The van der Waals surface area contributed by atoms with E-state index in [2.05, 4.69) is 62.4 Å². The summed E-state index contributed by atoms with van der Waals surface area (Å²) in [6.45, 7) is 8.75. The van der Waals surface area contributed by atoms with E-state index in [0.29, 0.717) is 12.0 Å². The number of benzene rings is 1. The van der Waals surface area contributed by atoms with Crippen molar-refractivity contribution >= 4 is 16.6 Å². The molecule has 0 spiro atoms. The van der Waals surface area contributed by atoms with Crippen LogP contribution in [0.4, 0.5) is 5.69 Å². The van der Waals surface area contributed by atoms with Gasteiger partial charge in [-0.3, -0.25) is 0 Å². The molecule has 86 valence electrons. The van der Waals surface area contributed by atoms with Crippen LogP contribution in [-0.4, -0.2) is 11.0 Å². The van der Waals surface area contributed by atoms with E-state index in [1.54, 1.807) is 0 Å². The number of aromatic nitrogens is 1. The van der Waals surface area contributed by atoms with Gasteiger partial charge in [-0.15, -0.1) is 0 Å². The molecule has 2 aromatic rings. The van der Waals surface area contributed by atoms with Gasteiger partial charge in [-0.25, -0.2) is 0 Å². The number of fused-ring (bicyclic) bond motifs is 1. The van der Waals surface area contributed by atoms with Crippen LogP contribution in [-0.2, 0) is 0 Å². The van der Waals surface area contributed by atoms with E-state index in [-0.39, 0.29) is 0 Å². The highest BCUT2D eigenvalue weighted by atomic mass is 14.9. The van der Waals surface area contributed by atoms with Crippen LogP contribution in [0.2, 0.25) is 0 Å². The highest BCUT2D eigenvalue weighted by Gasteiger charge is 2.07. The van der Waals surface area contributed by atoms with Gasteiger partial charge in [-0.1, -0.05) is 19.9 Å². The van der Waals surface area contributed by atoms with Crippen molar-refractivity contribution < 1.29 is 0 Å². The van der Waals surface area contributed by atoms with Gasteiger partial charge in [0.05, 0.1) is 0 Å². The molecular formula is C14H20N2. The summed E-state index contributed by atoms with van der Waals surface area (Å²) in [5.41, 5.74) is 3.79. The van der Waals surface area contributed by atoms with Gasteiger partial charge >= 0.3 is 0 Å². The van der Waals surface area contributed by atoms with E-state index in [1.165, 1.54) is 22.2 Å². The Labute approximate surface area is 97.1 Å². The summed E-state index contributed by atoms with van der Waals surface area (Å²) in [6, 6.07) is 7.01. The van der Waals surface area contributed by atoms with Gasteiger partial charge in [0.25, 0.3) is 0 Å². The molecule has 2 N–H and O–H groups in total. The number of aromatic amines is 1. The Kier molecular flexibility index (Phi) is 2.90. The fraction of sp³-hybridized carbons (Fsp3) is 0.429. The average Bonchev–Trinajstić information content (AvgIpc) is 2.59. The van der Waals surface area contributed by atoms with Gasteiger partial charge in [0.2, 0.25) is 0 Å². The molecule has 1 aromatic heterocycles. The van der Waals surface area contributed by atoms with Crippen molar-refractivity contribution in [3.8, 4) is 0 Å². The first-order chi connectivity index (χ1) is 7.58. The van der Waals surface area contributed by atoms with E-state index in [9.17, 15) is 0 Å². The standard InChI is InChI=1S/C14H20N2/c1-9(2)13-8-15-14-7-11(16-10(3)4)5-6-12(13)14/h5-10,15-16H,1-4H3. The fourth-order valence-corrected chi connectivity index (χ4v) is 2.05. The van der Waals surface area contributed by atoms with E-state index < -0.39 is 0 Å². The summed E-state index contributed by atoms with van der Waals surface area (Å²) in [5.74, 6) is 0.567. The number of H-pyrrole nitrogens is 1. The van der Waals surface area contributed by atoms with Crippen LogP contribution in [0, 0.1) is 0 Å². The minimum atomic E-state index is 0.469. The van der Waals surface area contributed by atoms with Crippen LogP contribution in [0.1, 0.15) is 39.2 Å². The summed E-state index contributed by atoms with van der Waals surface area (Å²) >= 11 is 0. The molecule has 0 radical (unpaired) electrons. The molecule has 0 unspecified atom stereocenters. The number of anilines is 1. The predicted octanol–water partition coefficient (Wildman–Crippen LogP) is 4.11. The molecule has 2 rings (SSSR count). The van der Waals surface area contributed by atoms with Crippen molar-refractivity contribution in [1.29, 1.82) is 0 Å². The van der Waals surface area contributed by atoms with Crippen LogP contribution in [0.5, 0.6) is 0 Å². The SMILES string of the molecule is CC(C)Nc1ccc2c(C(C)C)c[nH]c2c1. The minimum absolute atomic E-state index is 0.469. The Hall–Kier alpha value is -1.44. The normalized spacial score (nSPS) is 11.6. The summed E-state index contributed by atoms with van der Waals surface area (Å²) < 4.78 is 0. The van der Waals surface area contributed by atoms with E-state index in [1.807, 2.05) is 0 Å². The molecule has 1 heterocycles. The van der Waals surface area contributed by atoms with Gasteiger partial charge in [0, 0.05) is 28.8 Å². The van der Waals surface area contributed by atoms with Gasteiger partial charge in [0.1, 0.15) is 0 Å². The molecule has 0 fully saturated rings. The van der Waals surface area contributed by atoms with Crippen molar-refractivity contribution in [2.45, 2.75) is 39.7 Å². The average molecular weight is 216 g/mol. The van der Waals surface area contributed by atoms with Crippen LogP contribution in [0.3, 0.4) is 0 Å². The lowest BCUT2D eigenvalue weighted by Gasteiger charge is -2.10. The maximum atomic E-state index is 3.42. The Morgan fingerprint density at radius 2 is 1.88 bits per heavy atom. The summed E-state index contributed by atoms with van der Waals surface area (Å²) in [4.78, 5) is 3.34. The Bertz CT molecular complexity index is 480. The number of rotatable bonds is 3. The lowest BCUT2D eigenvalue weighted by atomic mass is 10.0. The molecule has 0 bridgehead atoms. The van der Waals surface area contributed by atoms with Crippen molar-refractivity contribution in [2.75, 3.05) is 5.32 Å². The second-order valence-corrected chi connectivity index (χ2v) is 4.96. The molecule has 0 saturated carbocycles. The summed E-state index contributed by atoms with van der Waals surface area (Å²) in [5, 5.41) is 4.75. The van der Waals surface area contributed by atoms with Gasteiger partial charge < -0.3 is 10.3 Å². The Morgan fingerprint density at radius 1 is 1.12 bits per heavy atom. The van der Waals surface area contributed by atoms with Crippen molar-refractivity contribution in [2.24, 2.45) is 0 Å². The number of hydrogen-bond donors (Lipinski definition) is 2. The Balaban J connectivity index is 2.41. The van der Waals surface area contributed by atoms with Crippen molar-refractivity contribution in [1.82, 2.24) is 4.98 Å². The fourth-order valence-electron chi connectivity index (χ4n) is 2.05. The minimum Gasteiger partial charge on any atom is -0.383 e.